The number of rotatable bonds is 3. The molecule has 168 valence electrons. The van der Waals surface area contributed by atoms with Crippen LogP contribution in [-0.4, -0.2) is 0 Å². The maximum absolute atomic E-state index is 5.98. The minimum Gasteiger partial charge on any atom is -0.456 e. The molecule has 1 aliphatic rings. The molecule has 7 rings (SSSR count). The molecule has 0 amide bonds. The first-order valence-electron chi connectivity index (χ1n) is 12.1. The highest BCUT2D eigenvalue weighted by molar-refractivity contribution is 6.06. The lowest BCUT2D eigenvalue weighted by atomic mass is 9.81. The molecule has 0 saturated carbocycles. The number of nitrogens with one attached hydrogen (secondary N) is 1. The van der Waals surface area contributed by atoms with Gasteiger partial charge in [0.25, 0.3) is 0 Å². The molecule has 2 heteroatoms. The average Bonchev–Trinajstić information content (AvgIpc) is 3.37. The van der Waals surface area contributed by atoms with Crippen LogP contribution in [0, 0.1) is 0 Å². The predicted octanol–water partition coefficient (Wildman–Crippen LogP) is 9.30. The Bertz CT molecular complexity index is 1750. The first-order chi connectivity index (χ1) is 17.1. The summed E-state index contributed by atoms with van der Waals surface area (Å²) in [5, 5.41) is 5.87. The van der Waals surface area contributed by atoms with Crippen molar-refractivity contribution in [2.45, 2.75) is 19.3 Å². The van der Waals surface area contributed by atoms with Crippen molar-refractivity contribution in [3.63, 3.8) is 0 Å². The smallest absolute Gasteiger partial charge is 0.135 e. The van der Waals surface area contributed by atoms with Crippen molar-refractivity contribution in [2.75, 3.05) is 5.32 Å². The molecule has 0 saturated heterocycles. The molecule has 5 aromatic carbocycles. The standard InChI is InChI=1S/C33H25NO/c1-33(2)29-12-5-3-10-25(29)26-16-14-22(19-30(26)33)21-8-7-9-23(18-21)34-24-15-17-32-28(20-24)27-11-4-6-13-31(27)35-32/h3-20,34H,1-2H3. The first kappa shape index (κ1) is 20.1. The monoisotopic (exact) mass is 451 g/mol. The average molecular weight is 452 g/mol. The van der Waals surface area contributed by atoms with E-state index in [9.17, 15) is 0 Å². The normalized spacial score (nSPS) is 13.7. The lowest BCUT2D eigenvalue weighted by Crippen LogP contribution is -2.14. The van der Waals surface area contributed by atoms with Gasteiger partial charge in [-0.05, 0) is 75.8 Å². The molecule has 1 aliphatic carbocycles. The minimum atomic E-state index is 0.000572. The SMILES string of the molecule is CC1(C)c2ccccc2-c2ccc(-c3cccc(Nc4ccc5oc6ccccc6c5c4)c3)cc21. The van der Waals surface area contributed by atoms with Crippen molar-refractivity contribution in [1.82, 2.24) is 0 Å². The van der Waals surface area contributed by atoms with Gasteiger partial charge < -0.3 is 9.73 Å². The van der Waals surface area contributed by atoms with Crippen LogP contribution in [0.25, 0.3) is 44.2 Å². The molecule has 35 heavy (non-hydrogen) atoms. The third kappa shape index (κ3) is 3.10. The Hall–Kier alpha value is -4.30. The van der Waals surface area contributed by atoms with Crippen molar-refractivity contribution in [1.29, 1.82) is 0 Å². The highest BCUT2D eigenvalue weighted by Gasteiger charge is 2.35. The van der Waals surface area contributed by atoms with Gasteiger partial charge in [0.1, 0.15) is 11.2 Å². The van der Waals surface area contributed by atoms with E-state index in [0.717, 1.165) is 33.3 Å². The van der Waals surface area contributed by atoms with Crippen LogP contribution in [0.3, 0.4) is 0 Å². The second-order valence-electron chi connectivity index (χ2n) is 9.95. The Morgan fingerprint density at radius 1 is 0.543 bits per heavy atom. The zero-order valence-corrected chi connectivity index (χ0v) is 19.8. The number of anilines is 2. The van der Waals surface area contributed by atoms with E-state index in [-0.39, 0.29) is 5.41 Å². The Morgan fingerprint density at radius 3 is 2.23 bits per heavy atom. The molecule has 2 nitrogen and oxygen atoms in total. The Balaban J connectivity index is 1.24. The van der Waals surface area contributed by atoms with Gasteiger partial charge in [0.05, 0.1) is 0 Å². The second-order valence-corrected chi connectivity index (χ2v) is 9.95. The lowest BCUT2D eigenvalue weighted by Gasteiger charge is -2.22. The van der Waals surface area contributed by atoms with Gasteiger partial charge in [-0.1, -0.05) is 80.6 Å². The van der Waals surface area contributed by atoms with E-state index in [1.807, 2.05) is 18.2 Å². The number of fused-ring (bicyclic) bond motifs is 6. The van der Waals surface area contributed by atoms with Crippen LogP contribution in [0.2, 0.25) is 0 Å². The van der Waals surface area contributed by atoms with Crippen molar-refractivity contribution in [3.05, 3.63) is 120 Å². The quantitative estimate of drug-likeness (QED) is 0.290. The summed E-state index contributed by atoms with van der Waals surface area (Å²) >= 11 is 0. The van der Waals surface area contributed by atoms with Crippen molar-refractivity contribution < 1.29 is 4.42 Å². The van der Waals surface area contributed by atoms with Crippen LogP contribution >= 0.6 is 0 Å². The van der Waals surface area contributed by atoms with Crippen LogP contribution in [0.5, 0.6) is 0 Å². The first-order valence-corrected chi connectivity index (χ1v) is 12.1. The van der Waals surface area contributed by atoms with Crippen molar-refractivity contribution in [2.24, 2.45) is 0 Å². The Labute approximate surface area is 204 Å². The van der Waals surface area contributed by atoms with E-state index in [0.29, 0.717) is 0 Å². The molecular weight excluding hydrogens is 426 g/mol. The van der Waals surface area contributed by atoms with Crippen LogP contribution in [0.4, 0.5) is 11.4 Å². The Kier molecular flexibility index (Phi) is 4.22. The van der Waals surface area contributed by atoms with Crippen LogP contribution in [0.15, 0.2) is 114 Å². The number of hydrogen-bond acceptors (Lipinski definition) is 2. The topological polar surface area (TPSA) is 25.2 Å². The van der Waals surface area contributed by atoms with E-state index in [1.165, 1.54) is 33.4 Å². The summed E-state index contributed by atoms with van der Waals surface area (Å²) in [6, 6.07) is 38.8. The fourth-order valence-electron chi connectivity index (χ4n) is 5.63. The summed E-state index contributed by atoms with van der Waals surface area (Å²) in [7, 11) is 0. The molecule has 1 aromatic heterocycles. The summed E-state index contributed by atoms with van der Waals surface area (Å²) in [6.07, 6.45) is 0. The fraction of sp³-hybridized carbons (Fsp3) is 0.0909. The molecule has 0 radical (unpaired) electrons. The largest absolute Gasteiger partial charge is 0.456 e. The number of furan rings is 1. The van der Waals surface area contributed by atoms with E-state index >= 15 is 0 Å². The third-order valence-electron chi connectivity index (χ3n) is 7.44. The van der Waals surface area contributed by atoms with Gasteiger partial charge in [0.2, 0.25) is 0 Å². The van der Waals surface area contributed by atoms with Crippen LogP contribution in [0.1, 0.15) is 25.0 Å². The summed E-state index contributed by atoms with van der Waals surface area (Å²) in [4.78, 5) is 0. The summed E-state index contributed by atoms with van der Waals surface area (Å²) in [6.45, 7) is 4.66. The molecule has 0 spiro atoms. The maximum Gasteiger partial charge on any atom is 0.135 e. The molecule has 0 aliphatic heterocycles. The third-order valence-corrected chi connectivity index (χ3v) is 7.44. The number of hydrogen-bond donors (Lipinski definition) is 1. The van der Waals surface area contributed by atoms with Gasteiger partial charge in [-0.2, -0.15) is 0 Å². The predicted molar refractivity (Wildman–Crippen MR) is 146 cm³/mol. The van der Waals surface area contributed by atoms with Gasteiger partial charge in [-0.15, -0.1) is 0 Å². The second kappa shape index (κ2) is 7.35. The number of benzene rings is 5. The van der Waals surface area contributed by atoms with E-state index < -0.39 is 0 Å². The zero-order chi connectivity index (χ0) is 23.6. The van der Waals surface area contributed by atoms with E-state index in [2.05, 4.69) is 110 Å². The molecule has 0 fully saturated rings. The summed E-state index contributed by atoms with van der Waals surface area (Å²) in [5.74, 6) is 0. The fourth-order valence-corrected chi connectivity index (χ4v) is 5.63. The van der Waals surface area contributed by atoms with Crippen molar-refractivity contribution >= 4 is 33.3 Å². The van der Waals surface area contributed by atoms with Gasteiger partial charge in [0, 0.05) is 27.6 Å². The molecule has 0 bridgehead atoms. The van der Waals surface area contributed by atoms with Crippen LogP contribution < -0.4 is 5.32 Å². The molecule has 1 heterocycles. The minimum absolute atomic E-state index is 0.000572. The van der Waals surface area contributed by atoms with Gasteiger partial charge >= 0.3 is 0 Å². The highest BCUT2D eigenvalue weighted by Crippen LogP contribution is 2.49. The van der Waals surface area contributed by atoms with Gasteiger partial charge in [0.15, 0.2) is 0 Å². The number of para-hydroxylation sites is 1. The van der Waals surface area contributed by atoms with E-state index in [1.54, 1.807) is 0 Å². The molecule has 0 unspecified atom stereocenters. The van der Waals surface area contributed by atoms with Gasteiger partial charge in [-0.25, -0.2) is 0 Å². The van der Waals surface area contributed by atoms with E-state index in [4.69, 9.17) is 4.42 Å². The Morgan fingerprint density at radius 2 is 1.29 bits per heavy atom. The van der Waals surface area contributed by atoms with Crippen LogP contribution in [-0.2, 0) is 5.41 Å². The summed E-state index contributed by atoms with van der Waals surface area (Å²) in [5.41, 5.74) is 11.9. The summed E-state index contributed by atoms with van der Waals surface area (Å²) < 4.78 is 5.98. The van der Waals surface area contributed by atoms with Gasteiger partial charge in [-0.3, -0.25) is 0 Å². The van der Waals surface area contributed by atoms with Crippen molar-refractivity contribution in [3.8, 4) is 22.3 Å². The lowest BCUT2D eigenvalue weighted by molar-refractivity contribution is 0.660. The molecule has 6 aromatic rings. The highest BCUT2D eigenvalue weighted by atomic mass is 16.3. The molecular formula is C33H25NO. The maximum atomic E-state index is 5.98. The molecule has 1 N–H and O–H groups in total. The zero-order valence-electron chi connectivity index (χ0n) is 19.8. The molecule has 0 atom stereocenters.